The fourth-order valence-electron chi connectivity index (χ4n) is 9.04. The summed E-state index contributed by atoms with van der Waals surface area (Å²) in [6, 6.07) is 0. The number of carbonyl (C=O) groups is 1. The van der Waals surface area contributed by atoms with Gasteiger partial charge in [-0.15, -0.1) is 0 Å². The molecular weight excluding hydrogens is 402 g/mol. The molecule has 5 heteroatoms. The molecule has 4 rings (SSSR count). The van der Waals surface area contributed by atoms with Gasteiger partial charge in [0.1, 0.15) is 0 Å². The third-order valence-corrected chi connectivity index (χ3v) is 10.9. The number of aliphatic hydroxyl groups is 3. The Labute approximate surface area is 194 Å². The molecule has 4 unspecified atom stereocenters. The largest absolute Gasteiger partial charge is 0.393 e. The number of hydrogen-bond acceptors (Lipinski definition) is 4. The van der Waals surface area contributed by atoms with Gasteiger partial charge in [-0.3, -0.25) is 4.79 Å². The van der Waals surface area contributed by atoms with Gasteiger partial charge in [-0.1, -0.05) is 27.7 Å². The van der Waals surface area contributed by atoms with Crippen molar-refractivity contribution in [2.24, 2.45) is 46.3 Å². The van der Waals surface area contributed by atoms with Crippen LogP contribution in [0.5, 0.6) is 0 Å². The third-order valence-electron chi connectivity index (χ3n) is 10.9. The average molecular weight is 450 g/mol. The van der Waals surface area contributed by atoms with Crippen molar-refractivity contribution in [3.8, 4) is 0 Å². The van der Waals surface area contributed by atoms with Crippen molar-refractivity contribution in [1.29, 1.82) is 0 Å². The Hall–Kier alpha value is -0.650. The molecule has 32 heavy (non-hydrogen) atoms. The van der Waals surface area contributed by atoms with Crippen LogP contribution < -0.4 is 5.32 Å². The van der Waals surface area contributed by atoms with E-state index in [1.807, 2.05) is 0 Å². The quantitative estimate of drug-likeness (QED) is 0.495. The van der Waals surface area contributed by atoms with Gasteiger partial charge in [-0.2, -0.15) is 0 Å². The van der Waals surface area contributed by atoms with Crippen molar-refractivity contribution in [3.05, 3.63) is 0 Å². The first-order valence-electron chi connectivity index (χ1n) is 13.4. The Kier molecular flexibility index (Phi) is 7.03. The summed E-state index contributed by atoms with van der Waals surface area (Å²) in [4.78, 5) is 12.2. The van der Waals surface area contributed by atoms with Crippen LogP contribution in [0.25, 0.3) is 0 Å². The fourth-order valence-corrected chi connectivity index (χ4v) is 9.04. The molecule has 5 nitrogen and oxygen atoms in total. The van der Waals surface area contributed by atoms with Crippen LogP contribution in [0.1, 0.15) is 91.9 Å². The summed E-state index contributed by atoms with van der Waals surface area (Å²) in [6.45, 7) is 9.74. The second kappa shape index (κ2) is 9.19. The molecule has 0 aromatic carbocycles. The summed E-state index contributed by atoms with van der Waals surface area (Å²) in [5, 5.41) is 36.2. The molecule has 0 aromatic rings. The lowest BCUT2D eigenvalue weighted by Gasteiger charge is -2.63. The number of nitrogens with one attached hydrogen (secondary N) is 1. The number of fused-ring (bicyclic) bond motifs is 5. The van der Waals surface area contributed by atoms with Crippen molar-refractivity contribution in [2.45, 2.75) is 110 Å². The van der Waals surface area contributed by atoms with Gasteiger partial charge in [-0.05, 0) is 104 Å². The van der Waals surface area contributed by atoms with Crippen molar-refractivity contribution in [1.82, 2.24) is 5.32 Å². The Balaban J connectivity index is 1.51. The highest BCUT2D eigenvalue weighted by Gasteiger charge is 2.65. The van der Waals surface area contributed by atoms with Crippen LogP contribution in [-0.2, 0) is 4.79 Å². The number of rotatable bonds is 6. The molecule has 0 saturated heterocycles. The van der Waals surface area contributed by atoms with Crippen molar-refractivity contribution < 1.29 is 20.1 Å². The number of hydrogen-bond donors (Lipinski definition) is 4. The van der Waals surface area contributed by atoms with Gasteiger partial charge >= 0.3 is 0 Å². The smallest absolute Gasteiger partial charge is 0.220 e. The van der Waals surface area contributed by atoms with Crippen LogP contribution in [0.2, 0.25) is 0 Å². The minimum atomic E-state index is -0.354. The molecule has 0 heterocycles. The van der Waals surface area contributed by atoms with Crippen LogP contribution in [0.4, 0.5) is 0 Å². The molecule has 4 aliphatic rings. The minimum Gasteiger partial charge on any atom is -0.393 e. The summed E-state index contributed by atoms with van der Waals surface area (Å²) in [5.74, 6) is 2.22. The first-order valence-corrected chi connectivity index (χ1v) is 13.4. The number of aliphatic hydroxyl groups excluding tert-OH is 3. The molecule has 4 N–H and O–H groups in total. The summed E-state index contributed by atoms with van der Waals surface area (Å²) >= 11 is 0. The van der Waals surface area contributed by atoms with Gasteiger partial charge in [0.05, 0.1) is 18.3 Å². The molecule has 11 atom stereocenters. The van der Waals surface area contributed by atoms with E-state index in [4.69, 9.17) is 0 Å². The molecule has 1 amide bonds. The molecule has 0 bridgehead atoms. The van der Waals surface area contributed by atoms with Gasteiger partial charge in [0.15, 0.2) is 0 Å². The standard InChI is InChI=1S/C27H47NO4/c1-5-12-28-24(32)9-6-16(2)19-7-8-20-25-21(15-23(31)27(19,20)4)26(3)11-10-18(29)13-17(26)14-22(25)30/h16-23,25,29-31H,5-15H2,1-4H3,(H,28,32)/t16-,17?,18-,19-,20?,21?,22-,23+,25?,26+,27-/m1/s1. The maximum absolute atomic E-state index is 12.2. The van der Waals surface area contributed by atoms with Crippen molar-refractivity contribution in [2.75, 3.05) is 6.54 Å². The SMILES string of the molecule is CCCNC(=O)CC[C@@H](C)[C@H]1CCC2C3C(C[C@H](O)[C@@]21C)[C@@]1(C)CC[C@@H](O)CC1C[C@H]3O. The van der Waals surface area contributed by atoms with E-state index in [9.17, 15) is 20.1 Å². The first kappa shape index (κ1) is 24.5. The van der Waals surface area contributed by atoms with Gasteiger partial charge in [0, 0.05) is 13.0 Å². The van der Waals surface area contributed by atoms with E-state index in [1.54, 1.807) is 0 Å². The molecule has 0 radical (unpaired) electrons. The maximum atomic E-state index is 12.2. The van der Waals surface area contributed by atoms with Crippen molar-refractivity contribution >= 4 is 5.91 Å². The predicted molar refractivity (Wildman–Crippen MR) is 126 cm³/mol. The molecule has 0 aromatic heterocycles. The predicted octanol–water partition coefficient (Wildman–Crippen LogP) is 3.89. The highest BCUT2D eigenvalue weighted by molar-refractivity contribution is 5.75. The van der Waals surface area contributed by atoms with E-state index in [0.717, 1.165) is 64.3 Å². The fraction of sp³-hybridized carbons (Fsp3) is 0.963. The molecule has 4 aliphatic carbocycles. The average Bonchev–Trinajstić information content (AvgIpc) is 3.11. The summed E-state index contributed by atoms with van der Waals surface area (Å²) < 4.78 is 0. The topological polar surface area (TPSA) is 89.8 Å². The summed E-state index contributed by atoms with van der Waals surface area (Å²) in [6.07, 6.45) is 7.87. The third kappa shape index (κ3) is 3.94. The van der Waals surface area contributed by atoms with E-state index in [-0.39, 0.29) is 41.0 Å². The molecule has 4 saturated carbocycles. The molecule has 0 spiro atoms. The van der Waals surface area contributed by atoms with Crippen LogP contribution in [0.15, 0.2) is 0 Å². The Morgan fingerprint density at radius 3 is 2.53 bits per heavy atom. The van der Waals surface area contributed by atoms with Gasteiger partial charge in [0.25, 0.3) is 0 Å². The lowest BCUT2D eigenvalue weighted by molar-refractivity contribution is -0.207. The van der Waals surface area contributed by atoms with Gasteiger partial charge < -0.3 is 20.6 Å². The maximum Gasteiger partial charge on any atom is 0.220 e. The highest BCUT2D eigenvalue weighted by atomic mass is 16.3. The van der Waals surface area contributed by atoms with Crippen LogP contribution in [0, 0.1) is 46.3 Å². The highest BCUT2D eigenvalue weighted by Crippen LogP contribution is 2.68. The van der Waals surface area contributed by atoms with E-state index in [2.05, 4.69) is 33.0 Å². The van der Waals surface area contributed by atoms with Gasteiger partial charge in [0.2, 0.25) is 5.91 Å². The van der Waals surface area contributed by atoms with Crippen LogP contribution >= 0.6 is 0 Å². The van der Waals surface area contributed by atoms with Crippen molar-refractivity contribution in [3.63, 3.8) is 0 Å². The molecule has 0 aliphatic heterocycles. The van der Waals surface area contributed by atoms with Crippen LogP contribution in [-0.4, -0.2) is 46.1 Å². The second-order valence-electron chi connectivity index (χ2n) is 12.4. The Morgan fingerprint density at radius 1 is 1.06 bits per heavy atom. The van der Waals surface area contributed by atoms with Crippen LogP contribution in [0.3, 0.4) is 0 Å². The number of amides is 1. The Bertz CT molecular complexity index is 685. The minimum absolute atomic E-state index is 0.118. The lowest BCUT2D eigenvalue weighted by Crippen LogP contribution is -2.62. The van der Waals surface area contributed by atoms with E-state index in [1.165, 1.54) is 0 Å². The second-order valence-corrected chi connectivity index (χ2v) is 12.4. The zero-order valence-electron chi connectivity index (χ0n) is 20.7. The number of carbonyl (C=O) groups excluding carboxylic acids is 1. The van der Waals surface area contributed by atoms with Gasteiger partial charge in [-0.25, -0.2) is 0 Å². The summed E-state index contributed by atoms with van der Waals surface area (Å²) in [5.41, 5.74) is -0.0641. The zero-order valence-corrected chi connectivity index (χ0v) is 20.7. The van der Waals surface area contributed by atoms with E-state index in [0.29, 0.717) is 36.0 Å². The first-order chi connectivity index (χ1) is 15.1. The van der Waals surface area contributed by atoms with E-state index >= 15 is 0 Å². The Morgan fingerprint density at radius 2 is 1.81 bits per heavy atom. The molecule has 184 valence electrons. The zero-order chi connectivity index (χ0) is 23.3. The monoisotopic (exact) mass is 449 g/mol. The lowest BCUT2D eigenvalue weighted by atomic mass is 9.43. The molecular formula is C27H47NO4. The van der Waals surface area contributed by atoms with E-state index < -0.39 is 0 Å². The normalized spacial score (nSPS) is 49.0. The molecule has 4 fully saturated rings. The summed E-state index contributed by atoms with van der Waals surface area (Å²) in [7, 11) is 0.